The van der Waals surface area contributed by atoms with E-state index in [2.05, 4.69) is 18.4 Å². The molecule has 0 aromatic heterocycles. The summed E-state index contributed by atoms with van der Waals surface area (Å²) in [6.07, 6.45) is 1.35. The van der Waals surface area contributed by atoms with Crippen LogP contribution in [0, 0.1) is 5.82 Å². The Kier molecular flexibility index (Phi) is 8.38. The van der Waals surface area contributed by atoms with Crippen molar-refractivity contribution < 1.29 is 9.18 Å². The van der Waals surface area contributed by atoms with Gasteiger partial charge in [-0.1, -0.05) is 43.3 Å². The van der Waals surface area contributed by atoms with Crippen molar-refractivity contribution >= 4 is 18.4 Å². The maximum Gasteiger partial charge on any atom is 0.331 e. The van der Waals surface area contributed by atoms with Gasteiger partial charge < -0.3 is 4.90 Å². The fourth-order valence-corrected chi connectivity index (χ4v) is 2.78. The summed E-state index contributed by atoms with van der Waals surface area (Å²) in [6, 6.07) is 13.0. The summed E-state index contributed by atoms with van der Waals surface area (Å²) in [5, 5.41) is 0. The first-order valence-corrected chi connectivity index (χ1v) is 8.22. The van der Waals surface area contributed by atoms with Crippen molar-refractivity contribution in [1.82, 2.24) is 10.3 Å². The van der Waals surface area contributed by atoms with Crippen LogP contribution in [-0.2, 0) is 12.8 Å². The number of hydrazine groups is 1. The average molecular weight is 366 g/mol. The number of hydrogen-bond donors (Lipinski definition) is 2. The van der Waals surface area contributed by atoms with Crippen LogP contribution in [0.15, 0.2) is 42.5 Å². The van der Waals surface area contributed by atoms with Gasteiger partial charge in [-0.3, -0.25) is 5.43 Å². The number of rotatable bonds is 6. The summed E-state index contributed by atoms with van der Waals surface area (Å²) in [7, 11) is 0. The Labute approximate surface area is 154 Å². The van der Waals surface area contributed by atoms with Gasteiger partial charge in [0.25, 0.3) is 0 Å². The van der Waals surface area contributed by atoms with E-state index in [-0.39, 0.29) is 24.3 Å². The van der Waals surface area contributed by atoms with Crippen molar-refractivity contribution in [2.75, 3.05) is 13.1 Å². The smallest absolute Gasteiger partial charge is 0.324 e. The standard InChI is InChI=1S/C19H24FN3O.ClH/c1-3-14-7-5-6-8-17(14)16-10-9-15(18(20)13-16)11-12-23(4-2)19(24)22-21;/h5-10,13H,3-4,11-12,21H2,1-2H3,(H,22,24);1H. The fourth-order valence-electron chi connectivity index (χ4n) is 2.78. The monoisotopic (exact) mass is 365 g/mol. The molecule has 0 unspecified atom stereocenters. The molecule has 25 heavy (non-hydrogen) atoms. The SMILES string of the molecule is CCc1ccccc1-c1ccc(CCN(CC)C(=O)NN)c(F)c1.Cl. The molecule has 0 saturated heterocycles. The molecule has 2 amide bonds. The third-order valence-electron chi connectivity index (χ3n) is 4.21. The van der Waals surface area contributed by atoms with E-state index in [0.717, 1.165) is 17.5 Å². The summed E-state index contributed by atoms with van der Waals surface area (Å²) in [5.41, 5.74) is 5.83. The molecular weight excluding hydrogens is 341 g/mol. The maximum absolute atomic E-state index is 14.5. The number of nitrogens with two attached hydrogens (primary N) is 1. The molecule has 2 aromatic carbocycles. The first-order chi connectivity index (χ1) is 11.6. The first-order valence-electron chi connectivity index (χ1n) is 8.22. The minimum absolute atomic E-state index is 0. The van der Waals surface area contributed by atoms with Crippen LogP contribution < -0.4 is 11.3 Å². The summed E-state index contributed by atoms with van der Waals surface area (Å²) in [4.78, 5) is 13.1. The molecule has 0 aliphatic heterocycles. The Morgan fingerprint density at radius 3 is 2.48 bits per heavy atom. The molecule has 136 valence electrons. The Morgan fingerprint density at radius 1 is 1.16 bits per heavy atom. The molecule has 0 radical (unpaired) electrons. The third kappa shape index (κ3) is 5.18. The molecule has 3 N–H and O–H groups in total. The minimum Gasteiger partial charge on any atom is -0.324 e. The quantitative estimate of drug-likeness (QED) is 0.463. The molecule has 0 aliphatic rings. The lowest BCUT2D eigenvalue weighted by Crippen LogP contribution is -2.44. The van der Waals surface area contributed by atoms with Crippen molar-refractivity contribution in [3.8, 4) is 11.1 Å². The molecule has 0 heterocycles. The van der Waals surface area contributed by atoms with Gasteiger partial charge in [-0.2, -0.15) is 0 Å². The van der Waals surface area contributed by atoms with E-state index in [1.165, 1.54) is 5.56 Å². The van der Waals surface area contributed by atoms with Gasteiger partial charge in [0.15, 0.2) is 0 Å². The number of nitrogens with one attached hydrogen (secondary N) is 1. The number of aryl methyl sites for hydroxylation is 1. The van der Waals surface area contributed by atoms with Crippen LogP contribution in [0.5, 0.6) is 0 Å². The van der Waals surface area contributed by atoms with Gasteiger partial charge in [0.2, 0.25) is 0 Å². The van der Waals surface area contributed by atoms with Crippen LogP contribution in [0.2, 0.25) is 0 Å². The lowest BCUT2D eigenvalue weighted by atomic mass is 9.96. The minimum atomic E-state index is -0.355. The van der Waals surface area contributed by atoms with E-state index < -0.39 is 0 Å². The van der Waals surface area contributed by atoms with E-state index in [1.807, 2.05) is 31.2 Å². The molecular formula is C19H25ClFN3O. The zero-order chi connectivity index (χ0) is 17.5. The Bertz CT molecular complexity index is 709. The zero-order valence-electron chi connectivity index (χ0n) is 14.6. The highest BCUT2D eigenvalue weighted by Crippen LogP contribution is 2.26. The molecule has 6 heteroatoms. The van der Waals surface area contributed by atoms with Crippen LogP contribution in [0.25, 0.3) is 11.1 Å². The topological polar surface area (TPSA) is 58.4 Å². The van der Waals surface area contributed by atoms with E-state index in [9.17, 15) is 9.18 Å². The third-order valence-corrected chi connectivity index (χ3v) is 4.21. The van der Waals surface area contributed by atoms with Crippen molar-refractivity contribution in [3.63, 3.8) is 0 Å². The lowest BCUT2D eigenvalue weighted by molar-refractivity contribution is 0.201. The predicted molar refractivity (Wildman–Crippen MR) is 102 cm³/mol. The van der Waals surface area contributed by atoms with Crippen molar-refractivity contribution in [3.05, 3.63) is 59.4 Å². The second kappa shape index (κ2) is 10.0. The molecule has 2 aromatic rings. The fraction of sp³-hybridized carbons (Fsp3) is 0.316. The number of hydrogen-bond acceptors (Lipinski definition) is 2. The Morgan fingerprint density at radius 2 is 1.88 bits per heavy atom. The van der Waals surface area contributed by atoms with Gasteiger partial charge in [0.05, 0.1) is 0 Å². The van der Waals surface area contributed by atoms with E-state index in [1.54, 1.807) is 17.0 Å². The molecule has 0 atom stereocenters. The highest BCUT2D eigenvalue weighted by molar-refractivity contribution is 5.85. The predicted octanol–water partition coefficient (Wildman–Crippen LogP) is 3.92. The highest BCUT2D eigenvalue weighted by Gasteiger charge is 2.12. The van der Waals surface area contributed by atoms with Gasteiger partial charge >= 0.3 is 6.03 Å². The van der Waals surface area contributed by atoms with Gasteiger partial charge in [-0.15, -0.1) is 12.4 Å². The van der Waals surface area contributed by atoms with Crippen molar-refractivity contribution in [1.29, 1.82) is 0 Å². The number of likely N-dealkylation sites (N-methyl/N-ethyl adjacent to an activating group) is 1. The Hall–Kier alpha value is -2.11. The molecule has 0 saturated carbocycles. The number of urea groups is 1. The number of benzene rings is 2. The van der Waals surface area contributed by atoms with Crippen molar-refractivity contribution in [2.45, 2.75) is 26.7 Å². The molecule has 0 fully saturated rings. The van der Waals surface area contributed by atoms with E-state index in [4.69, 9.17) is 5.84 Å². The van der Waals surface area contributed by atoms with E-state index >= 15 is 0 Å². The van der Waals surface area contributed by atoms with E-state index in [0.29, 0.717) is 25.1 Å². The molecule has 2 rings (SSSR count). The van der Waals surface area contributed by atoms with Crippen LogP contribution >= 0.6 is 12.4 Å². The number of amides is 2. The molecule has 0 aliphatic carbocycles. The van der Waals surface area contributed by atoms with Crippen LogP contribution in [0.1, 0.15) is 25.0 Å². The summed E-state index contributed by atoms with van der Waals surface area (Å²) in [6.45, 7) is 4.88. The summed E-state index contributed by atoms with van der Waals surface area (Å²) < 4.78 is 14.5. The highest BCUT2D eigenvalue weighted by atomic mass is 35.5. The number of carbonyl (C=O) groups excluding carboxylic acids is 1. The van der Waals surface area contributed by atoms with Crippen LogP contribution in [0.3, 0.4) is 0 Å². The summed E-state index contributed by atoms with van der Waals surface area (Å²) >= 11 is 0. The number of halogens is 2. The first kappa shape index (κ1) is 20.9. The Balaban J connectivity index is 0.00000312. The lowest BCUT2D eigenvalue weighted by Gasteiger charge is -2.20. The molecule has 0 spiro atoms. The van der Waals surface area contributed by atoms with Crippen molar-refractivity contribution in [2.24, 2.45) is 5.84 Å². The van der Waals surface area contributed by atoms with Crippen LogP contribution in [0.4, 0.5) is 9.18 Å². The van der Waals surface area contributed by atoms with Crippen LogP contribution in [-0.4, -0.2) is 24.0 Å². The normalized spacial score (nSPS) is 10.1. The number of nitrogens with zero attached hydrogens (tertiary/aromatic N) is 1. The number of carbonyl (C=O) groups is 1. The second-order valence-corrected chi connectivity index (χ2v) is 5.60. The molecule has 4 nitrogen and oxygen atoms in total. The van der Waals surface area contributed by atoms with Gasteiger partial charge in [0, 0.05) is 13.1 Å². The molecule has 0 bridgehead atoms. The summed E-state index contributed by atoms with van der Waals surface area (Å²) in [5.74, 6) is 4.90. The van der Waals surface area contributed by atoms with Gasteiger partial charge in [0.1, 0.15) is 5.82 Å². The van der Waals surface area contributed by atoms with Gasteiger partial charge in [-0.05, 0) is 48.1 Å². The second-order valence-electron chi connectivity index (χ2n) is 5.60. The average Bonchev–Trinajstić information content (AvgIpc) is 2.62. The largest absolute Gasteiger partial charge is 0.331 e. The zero-order valence-corrected chi connectivity index (χ0v) is 15.4. The maximum atomic E-state index is 14.5. The van der Waals surface area contributed by atoms with Gasteiger partial charge in [-0.25, -0.2) is 15.0 Å².